The third-order valence-corrected chi connectivity index (χ3v) is 2.95. The van der Waals surface area contributed by atoms with Crippen molar-refractivity contribution in [1.29, 1.82) is 0 Å². The monoisotopic (exact) mass is 239 g/mol. The van der Waals surface area contributed by atoms with Crippen molar-refractivity contribution in [2.24, 2.45) is 0 Å². The van der Waals surface area contributed by atoms with Gasteiger partial charge in [-0.05, 0) is 36.4 Å². The van der Waals surface area contributed by atoms with E-state index in [9.17, 15) is 0 Å². The van der Waals surface area contributed by atoms with E-state index < -0.39 is 0 Å². The SMILES string of the molecule is COc1ccc(-c2ncc3c(N)cccn23)cc1. The van der Waals surface area contributed by atoms with Crippen molar-refractivity contribution in [2.45, 2.75) is 0 Å². The summed E-state index contributed by atoms with van der Waals surface area (Å²) in [6.45, 7) is 0. The van der Waals surface area contributed by atoms with Crippen molar-refractivity contribution >= 4 is 11.2 Å². The Kier molecular flexibility index (Phi) is 2.41. The van der Waals surface area contributed by atoms with Gasteiger partial charge in [0.05, 0.1) is 24.5 Å². The number of nitrogen functional groups attached to an aromatic ring is 1. The molecule has 1 aromatic carbocycles. The van der Waals surface area contributed by atoms with E-state index in [2.05, 4.69) is 4.98 Å². The number of nitrogens with two attached hydrogens (primary N) is 1. The van der Waals surface area contributed by atoms with E-state index in [-0.39, 0.29) is 0 Å². The molecule has 2 aromatic heterocycles. The standard InChI is InChI=1S/C14H13N3O/c1-18-11-6-4-10(5-7-11)14-16-9-13-12(15)3-2-8-17(13)14/h2-9H,15H2,1H3. The molecule has 0 spiro atoms. The molecule has 2 heterocycles. The number of aromatic nitrogens is 2. The van der Waals surface area contributed by atoms with E-state index in [1.165, 1.54) is 0 Å². The quantitative estimate of drug-likeness (QED) is 0.747. The Labute approximate surface area is 105 Å². The van der Waals surface area contributed by atoms with Gasteiger partial charge in [0.25, 0.3) is 0 Å². The van der Waals surface area contributed by atoms with Gasteiger partial charge in [0, 0.05) is 11.8 Å². The van der Waals surface area contributed by atoms with Crippen LogP contribution in [0.2, 0.25) is 0 Å². The van der Waals surface area contributed by atoms with Gasteiger partial charge in [-0.15, -0.1) is 0 Å². The van der Waals surface area contributed by atoms with Gasteiger partial charge in [0.1, 0.15) is 11.6 Å². The number of benzene rings is 1. The molecule has 0 amide bonds. The molecule has 0 radical (unpaired) electrons. The number of hydrogen-bond donors (Lipinski definition) is 1. The molecule has 4 heteroatoms. The molecular formula is C14H13N3O. The van der Waals surface area contributed by atoms with Crippen LogP contribution in [0.3, 0.4) is 0 Å². The summed E-state index contributed by atoms with van der Waals surface area (Å²) in [7, 11) is 1.65. The zero-order valence-corrected chi connectivity index (χ0v) is 10.00. The van der Waals surface area contributed by atoms with E-state index in [1.54, 1.807) is 13.3 Å². The molecule has 3 rings (SSSR count). The van der Waals surface area contributed by atoms with Crippen LogP contribution in [-0.4, -0.2) is 16.5 Å². The first kappa shape index (κ1) is 10.7. The second-order valence-electron chi connectivity index (χ2n) is 4.03. The van der Waals surface area contributed by atoms with Gasteiger partial charge in [-0.2, -0.15) is 0 Å². The second-order valence-corrected chi connectivity index (χ2v) is 4.03. The molecule has 0 atom stereocenters. The number of rotatable bonds is 2. The normalized spacial score (nSPS) is 10.7. The van der Waals surface area contributed by atoms with Gasteiger partial charge < -0.3 is 10.5 Å². The molecule has 90 valence electrons. The average molecular weight is 239 g/mol. The van der Waals surface area contributed by atoms with E-state index in [0.717, 1.165) is 28.3 Å². The Morgan fingerprint density at radius 2 is 1.94 bits per heavy atom. The molecule has 18 heavy (non-hydrogen) atoms. The Balaban J connectivity index is 2.16. The minimum absolute atomic E-state index is 0.727. The van der Waals surface area contributed by atoms with Crippen LogP contribution in [0.5, 0.6) is 5.75 Å². The Bertz CT molecular complexity index is 686. The van der Waals surface area contributed by atoms with Crippen LogP contribution in [0.4, 0.5) is 5.69 Å². The first-order valence-corrected chi connectivity index (χ1v) is 5.65. The molecule has 0 saturated heterocycles. The summed E-state index contributed by atoms with van der Waals surface area (Å²) >= 11 is 0. The molecular weight excluding hydrogens is 226 g/mol. The third kappa shape index (κ3) is 1.59. The number of methoxy groups -OCH3 is 1. The fourth-order valence-electron chi connectivity index (χ4n) is 2.00. The van der Waals surface area contributed by atoms with Crippen LogP contribution in [0.25, 0.3) is 16.9 Å². The highest BCUT2D eigenvalue weighted by molar-refractivity contribution is 5.73. The van der Waals surface area contributed by atoms with E-state index in [4.69, 9.17) is 10.5 Å². The topological polar surface area (TPSA) is 52.5 Å². The lowest BCUT2D eigenvalue weighted by Crippen LogP contribution is -1.93. The summed E-state index contributed by atoms with van der Waals surface area (Å²) < 4.78 is 7.13. The number of hydrogen-bond acceptors (Lipinski definition) is 3. The van der Waals surface area contributed by atoms with Gasteiger partial charge in [-0.1, -0.05) is 0 Å². The van der Waals surface area contributed by atoms with Crippen molar-refractivity contribution in [3.8, 4) is 17.1 Å². The van der Waals surface area contributed by atoms with E-state index in [1.807, 2.05) is 47.0 Å². The maximum atomic E-state index is 5.91. The summed E-state index contributed by atoms with van der Waals surface area (Å²) in [6, 6.07) is 11.6. The number of nitrogens with zero attached hydrogens (tertiary/aromatic N) is 2. The highest BCUT2D eigenvalue weighted by Gasteiger charge is 2.07. The van der Waals surface area contributed by atoms with Crippen LogP contribution in [-0.2, 0) is 0 Å². The Hall–Kier alpha value is -2.49. The molecule has 0 aliphatic rings. The van der Waals surface area contributed by atoms with Gasteiger partial charge in [-0.3, -0.25) is 4.40 Å². The largest absolute Gasteiger partial charge is 0.497 e. The molecule has 3 aromatic rings. The summed E-state index contributed by atoms with van der Waals surface area (Å²) in [5, 5.41) is 0. The Morgan fingerprint density at radius 1 is 1.17 bits per heavy atom. The number of fused-ring (bicyclic) bond motifs is 1. The highest BCUT2D eigenvalue weighted by atomic mass is 16.5. The van der Waals surface area contributed by atoms with Crippen LogP contribution >= 0.6 is 0 Å². The predicted molar refractivity (Wildman–Crippen MR) is 71.6 cm³/mol. The lowest BCUT2D eigenvalue weighted by atomic mass is 10.2. The first-order chi connectivity index (χ1) is 8.79. The van der Waals surface area contributed by atoms with Crippen molar-refractivity contribution < 1.29 is 4.74 Å². The smallest absolute Gasteiger partial charge is 0.144 e. The van der Waals surface area contributed by atoms with Gasteiger partial charge in [0.15, 0.2) is 0 Å². The molecule has 0 aliphatic heterocycles. The highest BCUT2D eigenvalue weighted by Crippen LogP contribution is 2.24. The predicted octanol–water partition coefficient (Wildman–Crippen LogP) is 2.59. The van der Waals surface area contributed by atoms with Crippen molar-refractivity contribution in [1.82, 2.24) is 9.38 Å². The van der Waals surface area contributed by atoms with Crippen LogP contribution in [0, 0.1) is 0 Å². The van der Waals surface area contributed by atoms with Crippen molar-refractivity contribution in [3.05, 3.63) is 48.8 Å². The zero-order chi connectivity index (χ0) is 12.5. The van der Waals surface area contributed by atoms with Gasteiger partial charge in [-0.25, -0.2) is 4.98 Å². The summed E-state index contributed by atoms with van der Waals surface area (Å²) in [6.07, 6.45) is 3.74. The fourth-order valence-corrected chi connectivity index (χ4v) is 2.00. The minimum atomic E-state index is 0.727. The molecule has 0 fully saturated rings. The van der Waals surface area contributed by atoms with E-state index in [0.29, 0.717) is 0 Å². The number of anilines is 1. The van der Waals surface area contributed by atoms with Crippen LogP contribution in [0.1, 0.15) is 0 Å². The number of pyridine rings is 1. The molecule has 0 unspecified atom stereocenters. The molecule has 0 saturated carbocycles. The number of ether oxygens (including phenoxy) is 1. The summed E-state index contributed by atoms with van der Waals surface area (Å²) in [5.41, 5.74) is 8.59. The molecule has 4 nitrogen and oxygen atoms in total. The fraction of sp³-hybridized carbons (Fsp3) is 0.0714. The molecule has 0 bridgehead atoms. The van der Waals surface area contributed by atoms with Gasteiger partial charge >= 0.3 is 0 Å². The maximum absolute atomic E-state index is 5.91. The third-order valence-electron chi connectivity index (χ3n) is 2.95. The van der Waals surface area contributed by atoms with Crippen molar-refractivity contribution in [2.75, 3.05) is 12.8 Å². The maximum Gasteiger partial charge on any atom is 0.144 e. The lowest BCUT2D eigenvalue weighted by Gasteiger charge is -2.04. The summed E-state index contributed by atoms with van der Waals surface area (Å²) in [4.78, 5) is 4.42. The van der Waals surface area contributed by atoms with Gasteiger partial charge in [0.2, 0.25) is 0 Å². The second kappa shape index (κ2) is 4.07. The molecule has 2 N–H and O–H groups in total. The van der Waals surface area contributed by atoms with Crippen LogP contribution < -0.4 is 10.5 Å². The lowest BCUT2D eigenvalue weighted by molar-refractivity contribution is 0.415. The minimum Gasteiger partial charge on any atom is -0.497 e. The van der Waals surface area contributed by atoms with Crippen LogP contribution in [0.15, 0.2) is 48.8 Å². The first-order valence-electron chi connectivity index (χ1n) is 5.65. The molecule has 0 aliphatic carbocycles. The zero-order valence-electron chi connectivity index (χ0n) is 10.00. The average Bonchev–Trinajstić information content (AvgIpc) is 2.84. The van der Waals surface area contributed by atoms with E-state index >= 15 is 0 Å². The Morgan fingerprint density at radius 3 is 2.67 bits per heavy atom. The van der Waals surface area contributed by atoms with Crippen molar-refractivity contribution in [3.63, 3.8) is 0 Å². The summed E-state index contributed by atoms with van der Waals surface area (Å²) in [5.74, 6) is 1.71. The number of imidazole rings is 1.